The molecule has 0 radical (unpaired) electrons. The van der Waals surface area contributed by atoms with Crippen molar-refractivity contribution in [2.24, 2.45) is 5.73 Å². The third-order valence-corrected chi connectivity index (χ3v) is 3.29. The molecule has 0 unspecified atom stereocenters. The highest BCUT2D eigenvalue weighted by molar-refractivity contribution is 5.95. The highest BCUT2D eigenvalue weighted by atomic mass is 19.1. The van der Waals surface area contributed by atoms with Gasteiger partial charge in [0.1, 0.15) is 11.7 Å². The van der Waals surface area contributed by atoms with Crippen LogP contribution in [0.4, 0.5) is 4.39 Å². The molecule has 1 rings (SSSR count). The molecule has 0 amide bonds. The van der Waals surface area contributed by atoms with Gasteiger partial charge < -0.3 is 10.6 Å². The van der Waals surface area contributed by atoms with Crippen molar-refractivity contribution in [1.29, 1.82) is 5.41 Å². The van der Waals surface area contributed by atoms with E-state index in [1.54, 1.807) is 18.2 Å². The van der Waals surface area contributed by atoms with E-state index in [2.05, 4.69) is 16.7 Å². The van der Waals surface area contributed by atoms with Gasteiger partial charge in [0.2, 0.25) is 0 Å². The van der Waals surface area contributed by atoms with Gasteiger partial charge in [0, 0.05) is 12.1 Å². The Morgan fingerprint density at radius 3 is 2.55 bits per heavy atom. The molecule has 0 heterocycles. The topological polar surface area (TPSA) is 56.4 Å². The summed E-state index contributed by atoms with van der Waals surface area (Å²) in [4.78, 5) is 4.34. The molecule has 0 saturated carbocycles. The molecule has 4 nitrogen and oxygen atoms in total. The van der Waals surface area contributed by atoms with Gasteiger partial charge >= 0.3 is 0 Å². The lowest BCUT2D eigenvalue weighted by atomic mass is 10.1. The Kier molecular flexibility index (Phi) is 6.61. The number of hydrogen-bond acceptors (Lipinski definition) is 3. The predicted octanol–water partition coefficient (Wildman–Crippen LogP) is 1.88. The van der Waals surface area contributed by atoms with Crippen LogP contribution >= 0.6 is 0 Å². The normalized spacial score (nSPS) is 11.3. The first kappa shape index (κ1) is 16.6. The molecule has 0 atom stereocenters. The SMILES string of the molecule is CCN(CCCN(C)C)Cc1cccc(C(=N)N)c1F. The maximum Gasteiger partial charge on any atom is 0.138 e. The molecule has 0 fully saturated rings. The monoisotopic (exact) mass is 280 g/mol. The van der Waals surface area contributed by atoms with Crippen LogP contribution in [-0.2, 0) is 6.54 Å². The van der Waals surface area contributed by atoms with E-state index in [1.165, 1.54) is 0 Å². The van der Waals surface area contributed by atoms with E-state index in [-0.39, 0.29) is 17.2 Å². The van der Waals surface area contributed by atoms with Crippen LogP contribution in [0.25, 0.3) is 0 Å². The van der Waals surface area contributed by atoms with Gasteiger partial charge in [-0.15, -0.1) is 0 Å². The fourth-order valence-corrected chi connectivity index (χ4v) is 2.11. The summed E-state index contributed by atoms with van der Waals surface area (Å²) in [6.45, 7) is 5.45. The first-order chi connectivity index (χ1) is 9.45. The van der Waals surface area contributed by atoms with Crippen LogP contribution in [0, 0.1) is 11.2 Å². The van der Waals surface area contributed by atoms with Gasteiger partial charge in [-0.05, 0) is 46.2 Å². The predicted molar refractivity (Wildman–Crippen MR) is 81.5 cm³/mol. The molecule has 1 aromatic rings. The number of hydrogen-bond donors (Lipinski definition) is 2. The average Bonchev–Trinajstić information content (AvgIpc) is 2.38. The highest BCUT2D eigenvalue weighted by Crippen LogP contribution is 2.15. The first-order valence-corrected chi connectivity index (χ1v) is 6.94. The van der Waals surface area contributed by atoms with Gasteiger partial charge in [0.05, 0.1) is 5.56 Å². The molecule has 3 N–H and O–H groups in total. The van der Waals surface area contributed by atoms with Crippen molar-refractivity contribution in [2.75, 3.05) is 33.7 Å². The summed E-state index contributed by atoms with van der Waals surface area (Å²) in [5, 5.41) is 7.38. The van der Waals surface area contributed by atoms with Crippen molar-refractivity contribution in [1.82, 2.24) is 9.80 Å². The molecule has 20 heavy (non-hydrogen) atoms. The molecule has 0 aliphatic heterocycles. The van der Waals surface area contributed by atoms with Crippen molar-refractivity contribution in [3.05, 3.63) is 35.1 Å². The molecular weight excluding hydrogens is 255 g/mol. The fraction of sp³-hybridized carbons (Fsp3) is 0.533. The zero-order valence-corrected chi connectivity index (χ0v) is 12.6. The largest absolute Gasteiger partial charge is 0.384 e. The van der Waals surface area contributed by atoms with Crippen LogP contribution in [-0.4, -0.2) is 49.4 Å². The van der Waals surface area contributed by atoms with Crippen molar-refractivity contribution in [2.45, 2.75) is 19.9 Å². The van der Waals surface area contributed by atoms with Gasteiger partial charge in [-0.2, -0.15) is 0 Å². The summed E-state index contributed by atoms with van der Waals surface area (Å²) in [6.07, 6.45) is 1.05. The van der Waals surface area contributed by atoms with Gasteiger partial charge in [-0.1, -0.05) is 19.1 Å². The minimum Gasteiger partial charge on any atom is -0.384 e. The maximum atomic E-state index is 14.2. The Labute approximate surface area is 120 Å². The average molecular weight is 280 g/mol. The lowest BCUT2D eigenvalue weighted by Gasteiger charge is -2.22. The number of nitrogen functional groups attached to an aromatic ring is 1. The number of halogens is 1. The third kappa shape index (κ3) is 4.90. The number of rotatable bonds is 8. The Morgan fingerprint density at radius 1 is 1.30 bits per heavy atom. The van der Waals surface area contributed by atoms with Gasteiger partial charge in [0.15, 0.2) is 0 Å². The number of nitrogens with one attached hydrogen (secondary N) is 1. The van der Waals surface area contributed by atoms with Gasteiger partial charge in [-0.25, -0.2) is 4.39 Å². The van der Waals surface area contributed by atoms with Crippen molar-refractivity contribution < 1.29 is 4.39 Å². The van der Waals surface area contributed by atoms with Crippen LogP contribution in [0.2, 0.25) is 0 Å². The summed E-state index contributed by atoms with van der Waals surface area (Å²) in [6, 6.07) is 5.06. The smallest absolute Gasteiger partial charge is 0.138 e. The molecule has 112 valence electrons. The molecule has 5 heteroatoms. The Balaban J connectivity index is 2.70. The number of amidine groups is 1. The van der Waals surface area contributed by atoms with Crippen molar-refractivity contribution in [3.8, 4) is 0 Å². The minimum atomic E-state index is -0.369. The molecule has 0 spiro atoms. The molecule has 0 aromatic heterocycles. The Bertz CT molecular complexity index is 445. The van der Waals surface area contributed by atoms with Crippen LogP contribution in [0.1, 0.15) is 24.5 Å². The van der Waals surface area contributed by atoms with E-state index in [0.717, 1.165) is 26.1 Å². The summed E-state index contributed by atoms with van der Waals surface area (Å²) < 4.78 is 14.2. The minimum absolute atomic E-state index is 0.187. The Morgan fingerprint density at radius 2 is 2.00 bits per heavy atom. The van der Waals surface area contributed by atoms with E-state index in [9.17, 15) is 4.39 Å². The zero-order valence-electron chi connectivity index (χ0n) is 12.6. The van der Waals surface area contributed by atoms with Crippen molar-refractivity contribution in [3.63, 3.8) is 0 Å². The van der Waals surface area contributed by atoms with Crippen LogP contribution in [0.5, 0.6) is 0 Å². The van der Waals surface area contributed by atoms with Crippen LogP contribution in [0.3, 0.4) is 0 Å². The second kappa shape index (κ2) is 7.97. The lowest BCUT2D eigenvalue weighted by molar-refractivity contribution is 0.256. The van der Waals surface area contributed by atoms with Crippen LogP contribution in [0.15, 0.2) is 18.2 Å². The number of benzene rings is 1. The van der Waals surface area contributed by atoms with Gasteiger partial charge in [0.25, 0.3) is 0 Å². The quantitative estimate of drug-likeness (QED) is 0.565. The van der Waals surface area contributed by atoms with E-state index >= 15 is 0 Å². The summed E-state index contributed by atoms with van der Waals surface area (Å²) >= 11 is 0. The van der Waals surface area contributed by atoms with E-state index in [0.29, 0.717) is 12.1 Å². The standard InChI is InChI=1S/C15H25FN4/c1-4-20(10-6-9-19(2)3)11-12-7-5-8-13(14(12)16)15(17)18/h5,7-8H,4,6,9-11H2,1-3H3,(H3,17,18). The van der Waals surface area contributed by atoms with Crippen molar-refractivity contribution >= 4 is 5.84 Å². The molecule has 1 aromatic carbocycles. The fourth-order valence-electron chi connectivity index (χ4n) is 2.11. The molecular formula is C15H25FN4. The van der Waals surface area contributed by atoms with Gasteiger partial charge in [-0.3, -0.25) is 10.3 Å². The summed E-state index contributed by atoms with van der Waals surface area (Å²) in [5.74, 6) is -0.592. The van der Waals surface area contributed by atoms with E-state index in [1.807, 2.05) is 14.1 Å². The molecule has 0 saturated heterocycles. The second-order valence-corrected chi connectivity index (χ2v) is 5.22. The van der Waals surface area contributed by atoms with E-state index in [4.69, 9.17) is 11.1 Å². The molecule has 0 aliphatic carbocycles. The Hall–Kier alpha value is -1.46. The highest BCUT2D eigenvalue weighted by Gasteiger charge is 2.12. The lowest BCUT2D eigenvalue weighted by Crippen LogP contribution is -2.27. The van der Waals surface area contributed by atoms with Crippen LogP contribution < -0.4 is 5.73 Å². The number of nitrogens with zero attached hydrogens (tertiary/aromatic N) is 2. The summed E-state index contributed by atoms with van der Waals surface area (Å²) in [5.41, 5.74) is 6.17. The van der Waals surface area contributed by atoms with E-state index < -0.39 is 0 Å². The maximum absolute atomic E-state index is 14.2. The third-order valence-electron chi connectivity index (χ3n) is 3.29. The zero-order chi connectivity index (χ0) is 15.1. The summed E-state index contributed by atoms with van der Waals surface area (Å²) in [7, 11) is 4.10. The second-order valence-electron chi connectivity index (χ2n) is 5.22. The number of nitrogens with two attached hydrogens (primary N) is 1. The molecule has 0 aliphatic rings. The first-order valence-electron chi connectivity index (χ1n) is 6.94. The molecule has 0 bridgehead atoms.